The monoisotopic (exact) mass is 279 g/mol. The Hall–Kier alpha value is -2.14. The van der Waals surface area contributed by atoms with Crippen molar-refractivity contribution in [2.24, 2.45) is 0 Å². The molecule has 4 nitrogen and oxygen atoms in total. The predicted molar refractivity (Wildman–Crippen MR) is 72.7 cm³/mol. The third-order valence-corrected chi connectivity index (χ3v) is 2.84. The first-order valence-corrected chi connectivity index (χ1v) is 5.84. The Labute approximate surface area is 114 Å². The lowest BCUT2D eigenvalue weighted by molar-refractivity contribution is 0.102. The molecule has 1 heterocycles. The van der Waals surface area contributed by atoms with Crippen LogP contribution in [0.4, 0.5) is 15.8 Å². The second-order valence-corrected chi connectivity index (χ2v) is 4.36. The summed E-state index contributed by atoms with van der Waals surface area (Å²) in [5, 5.41) is 2.39. The molecular weight excluding hydrogens is 269 g/mol. The third kappa shape index (κ3) is 2.82. The Morgan fingerprint density at radius 1 is 1.47 bits per heavy atom. The van der Waals surface area contributed by atoms with Crippen molar-refractivity contribution in [2.75, 3.05) is 11.1 Å². The Balaban J connectivity index is 2.31. The summed E-state index contributed by atoms with van der Waals surface area (Å²) in [7, 11) is 0. The average Bonchev–Trinajstić information content (AvgIpc) is 2.38. The molecule has 0 saturated heterocycles. The van der Waals surface area contributed by atoms with Crippen LogP contribution in [0.1, 0.15) is 16.1 Å². The van der Waals surface area contributed by atoms with E-state index in [1.54, 1.807) is 13.0 Å². The van der Waals surface area contributed by atoms with Gasteiger partial charge in [-0.1, -0.05) is 17.7 Å². The maximum atomic E-state index is 13.7. The van der Waals surface area contributed by atoms with Gasteiger partial charge in [-0.3, -0.25) is 9.78 Å². The molecule has 0 bridgehead atoms. The van der Waals surface area contributed by atoms with E-state index in [4.69, 9.17) is 17.3 Å². The van der Waals surface area contributed by atoms with E-state index in [1.165, 1.54) is 24.4 Å². The van der Waals surface area contributed by atoms with Crippen molar-refractivity contribution in [1.82, 2.24) is 4.98 Å². The quantitative estimate of drug-likeness (QED) is 0.888. The topological polar surface area (TPSA) is 68.0 Å². The van der Waals surface area contributed by atoms with E-state index in [2.05, 4.69) is 10.3 Å². The number of anilines is 2. The summed E-state index contributed by atoms with van der Waals surface area (Å²) in [5.41, 5.74) is 6.75. The average molecular weight is 280 g/mol. The number of nitrogens with zero attached hydrogens (tertiary/aromatic N) is 1. The number of halogens is 2. The molecule has 0 saturated carbocycles. The predicted octanol–water partition coefficient (Wildman–Crippen LogP) is 3.02. The number of carbonyl (C=O) groups excluding carboxylic acids is 1. The molecule has 0 aliphatic carbocycles. The first-order chi connectivity index (χ1) is 8.99. The molecule has 0 fully saturated rings. The molecule has 0 radical (unpaired) electrons. The summed E-state index contributed by atoms with van der Waals surface area (Å²) < 4.78 is 13.7. The van der Waals surface area contributed by atoms with E-state index >= 15 is 0 Å². The lowest BCUT2D eigenvalue weighted by Crippen LogP contribution is -2.15. The molecule has 0 spiro atoms. The highest BCUT2D eigenvalue weighted by molar-refractivity contribution is 6.31. The number of aryl methyl sites for hydroxylation is 1. The van der Waals surface area contributed by atoms with Crippen LogP contribution in [0.15, 0.2) is 30.5 Å². The Kier molecular flexibility index (Phi) is 3.66. The van der Waals surface area contributed by atoms with Crippen LogP contribution in [-0.4, -0.2) is 10.9 Å². The fraction of sp³-hybridized carbons (Fsp3) is 0.0769. The summed E-state index contributed by atoms with van der Waals surface area (Å²) in [5.74, 6) is -1.16. The minimum Gasteiger partial charge on any atom is -0.397 e. The zero-order valence-electron chi connectivity index (χ0n) is 10.1. The van der Waals surface area contributed by atoms with Crippen LogP contribution in [0, 0.1) is 12.7 Å². The van der Waals surface area contributed by atoms with Crippen molar-refractivity contribution in [3.63, 3.8) is 0 Å². The van der Waals surface area contributed by atoms with Crippen LogP contribution in [0.5, 0.6) is 0 Å². The number of pyridine rings is 1. The zero-order chi connectivity index (χ0) is 14.0. The van der Waals surface area contributed by atoms with Crippen LogP contribution in [-0.2, 0) is 0 Å². The largest absolute Gasteiger partial charge is 0.397 e. The number of aromatic nitrogens is 1. The van der Waals surface area contributed by atoms with Gasteiger partial charge in [0, 0.05) is 0 Å². The van der Waals surface area contributed by atoms with Gasteiger partial charge in [-0.2, -0.15) is 0 Å². The molecule has 2 rings (SSSR count). The molecule has 3 N–H and O–H groups in total. The lowest BCUT2D eigenvalue weighted by Gasteiger charge is -2.09. The molecule has 0 unspecified atom stereocenters. The molecule has 6 heteroatoms. The summed E-state index contributed by atoms with van der Waals surface area (Å²) in [6.45, 7) is 1.67. The number of amides is 1. The smallest absolute Gasteiger partial charge is 0.257 e. The van der Waals surface area contributed by atoms with Gasteiger partial charge in [0.25, 0.3) is 5.91 Å². The van der Waals surface area contributed by atoms with E-state index in [-0.39, 0.29) is 10.7 Å². The van der Waals surface area contributed by atoms with Gasteiger partial charge < -0.3 is 11.1 Å². The van der Waals surface area contributed by atoms with E-state index in [0.717, 1.165) is 0 Å². The summed E-state index contributed by atoms with van der Waals surface area (Å²) in [4.78, 5) is 16.0. The highest BCUT2D eigenvalue weighted by Crippen LogP contribution is 2.23. The lowest BCUT2D eigenvalue weighted by atomic mass is 10.1. The Morgan fingerprint density at radius 2 is 2.21 bits per heavy atom. The van der Waals surface area contributed by atoms with Gasteiger partial charge in [0.05, 0.1) is 33.9 Å². The van der Waals surface area contributed by atoms with Gasteiger partial charge in [-0.15, -0.1) is 0 Å². The number of rotatable bonds is 2. The first-order valence-electron chi connectivity index (χ1n) is 5.46. The number of benzene rings is 1. The van der Waals surface area contributed by atoms with Crippen molar-refractivity contribution in [1.29, 1.82) is 0 Å². The highest BCUT2D eigenvalue weighted by Gasteiger charge is 2.14. The summed E-state index contributed by atoms with van der Waals surface area (Å²) in [6, 6.07) is 5.86. The van der Waals surface area contributed by atoms with Crippen LogP contribution < -0.4 is 11.1 Å². The number of nitrogens with two attached hydrogens (primary N) is 1. The van der Waals surface area contributed by atoms with Gasteiger partial charge in [0.2, 0.25) is 0 Å². The van der Waals surface area contributed by atoms with Crippen molar-refractivity contribution < 1.29 is 9.18 Å². The number of hydrogen-bond donors (Lipinski definition) is 2. The van der Waals surface area contributed by atoms with Gasteiger partial charge in [-0.05, 0) is 25.1 Å². The molecule has 0 aliphatic rings. The van der Waals surface area contributed by atoms with E-state index in [0.29, 0.717) is 16.9 Å². The minimum atomic E-state index is -0.674. The van der Waals surface area contributed by atoms with E-state index in [9.17, 15) is 9.18 Å². The molecule has 1 aromatic heterocycles. The van der Waals surface area contributed by atoms with Crippen LogP contribution >= 0.6 is 11.6 Å². The molecule has 0 atom stereocenters. The molecule has 2 aromatic rings. The van der Waals surface area contributed by atoms with Gasteiger partial charge in [0.15, 0.2) is 5.82 Å². The van der Waals surface area contributed by atoms with E-state index < -0.39 is 11.7 Å². The third-order valence-electron chi connectivity index (χ3n) is 2.55. The summed E-state index contributed by atoms with van der Waals surface area (Å²) in [6.07, 6.45) is 1.45. The van der Waals surface area contributed by atoms with Gasteiger partial charge in [0.1, 0.15) is 0 Å². The normalized spacial score (nSPS) is 10.3. The minimum absolute atomic E-state index is 0.0133. The van der Waals surface area contributed by atoms with E-state index in [1.807, 2.05) is 0 Å². The zero-order valence-corrected chi connectivity index (χ0v) is 10.8. The van der Waals surface area contributed by atoms with Crippen LogP contribution in [0.25, 0.3) is 0 Å². The molecular formula is C13H11ClFN3O. The van der Waals surface area contributed by atoms with Crippen molar-refractivity contribution >= 4 is 28.9 Å². The van der Waals surface area contributed by atoms with Crippen molar-refractivity contribution in [2.45, 2.75) is 6.92 Å². The van der Waals surface area contributed by atoms with Crippen LogP contribution in [0.3, 0.4) is 0 Å². The van der Waals surface area contributed by atoms with Gasteiger partial charge >= 0.3 is 0 Å². The first kappa shape index (κ1) is 13.3. The molecule has 1 aromatic carbocycles. The molecule has 98 valence electrons. The molecule has 0 aliphatic heterocycles. The van der Waals surface area contributed by atoms with Crippen molar-refractivity contribution in [3.05, 3.63) is 52.6 Å². The van der Waals surface area contributed by atoms with Crippen LogP contribution in [0.2, 0.25) is 5.02 Å². The number of hydrogen-bond acceptors (Lipinski definition) is 3. The van der Waals surface area contributed by atoms with Gasteiger partial charge in [-0.25, -0.2) is 4.39 Å². The Bertz CT molecular complexity index is 646. The fourth-order valence-corrected chi connectivity index (χ4v) is 1.74. The fourth-order valence-electron chi connectivity index (χ4n) is 1.57. The number of nitrogens with one attached hydrogen (secondary N) is 1. The maximum Gasteiger partial charge on any atom is 0.257 e. The standard InChI is InChI=1S/C13H11ClFN3O/c1-7-9(5-8(16)6-17-7)13(19)18-11-4-2-3-10(14)12(11)15/h2-6H,16H2,1H3,(H,18,19). The Morgan fingerprint density at radius 3 is 2.95 bits per heavy atom. The number of nitrogen functional groups attached to an aromatic ring is 1. The molecule has 1 amide bonds. The maximum absolute atomic E-state index is 13.7. The second kappa shape index (κ2) is 5.24. The SMILES string of the molecule is Cc1ncc(N)cc1C(=O)Nc1cccc(Cl)c1F. The van der Waals surface area contributed by atoms with Crippen molar-refractivity contribution in [3.8, 4) is 0 Å². The highest BCUT2D eigenvalue weighted by atomic mass is 35.5. The summed E-state index contributed by atoms with van der Waals surface area (Å²) >= 11 is 5.64. The molecule has 19 heavy (non-hydrogen) atoms. The number of carbonyl (C=O) groups is 1. The second-order valence-electron chi connectivity index (χ2n) is 3.96.